The van der Waals surface area contributed by atoms with Gasteiger partial charge in [0, 0.05) is 0 Å². The standard InChI is InChI=1S/C14H10Cl3F3/c15-13(16,17)12(14(18,19)20)8-4-7-11(9-12)10-5-2-1-3-6-10/h1-8H,9H2. The minimum Gasteiger partial charge on any atom is -0.170 e. The lowest BCUT2D eigenvalue weighted by Crippen LogP contribution is -2.47. The highest BCUT2D eigenvalue weighted by atomic mass is 35.6. The molecule has 0 nitrogen and oxygen atoms in total. The summed E-state index contributed by atoms with van der Waals surface area (Å²) in [4.78, 5) is 0. The van der Waals surface area contributed by atoms with E-state index in [1.54, 1.807) is 36.4 Å². The van der Waals surface area contributed by atoms with E-state index in [2.05, 4.69) is 0 Å². The van der Waals surface area contributed by atoms with E-state index in [-0.39, 0.29) is 0 Å². The monoisotopic (exact) mass is 340 g/mol. The highest BCUT2D eigenvalue weighted by molar-refractivity contribution is 6.68. The maximum atomic E-state index is 13.4. The molecule has 0 aliphatic heterocycles. The average molecular weight is 342 g/mol. The molecular weight excluding hydrogens is 332 g/mol. The maximum absolute atomic E-state index is 13.4. The van der Waals surface area contributed by atoms with Gasteiger partial charge in [-0.3, -0.25) is 0 Å². The van der Waals surface area contributed by atoms with Gasteiger partial charge in [-0.2, -0.15) is 13.2 Å². The van der Waals surface area contributed by atoms with Gasteiger partial charge >= 0.3 is 6.18 Å². The van der Waals surface area contributed by atoms with E-state index in [4.69, 9.17) is 34.8 Å². The van der Waals surface area contributed by atoms with Gasteiger partial charge in [-0.05, 0) is 17.6 Å². The largest absolute Gasteiger partial charge is 0.402 e. The first-order valence-electron chi connectivity index (χ1n) is 5.75. The molecular formula is C14H10Cl3F3. The molecule has 0 N–H and O–H groups in total. The van der Waals surface area contributed by atoms with Crippen molar-refractivity contribution in [3.63, 3.8) is 0 Å². The molecule has 0 saturated heterocycles. The van der Waals surface area contributed by atoms with Crippen LogP contribution in [0.25, 0.3) is 5.57 Å². The van der Waals surface area contributed by atoms with Crippen molar-refractivity contribution < 1.29 is 13.2 Å². The van der Waals surface area contributed by atoms with Crippen LogP contribution < -0.4 is 0 Å². The Bertz CT molecular complexity index is 525. The summed E-state index contributed by atoms with van der Waals surface area (Å²) in [7, 11) is 0. The van der Waals surface area contributed by atoms with E-state index in [9.17, 15) is 13.2 Å². The summed E-state index contributed by atoms with van der Waals surface area (Å²) in [5, 5.41) is 0. The number of rotatable bonds is 1. The molecule has 108 valence electrons. The van der Waals surface area contributed by atoms with Crippen LogP contribution in [0.2, 0.25) is 0 Å². The fourth-order valence-corrected chi connectivity index (χ4v) is 2.86. The Hall–Kier alpha value is -0.640. The lowest BCUT2D eigenvalue weighted by atomic mass is 9.77. The zero-order valence-electron chi connectivity index (χ0n) is 10.1. The fraction of sp³-hybridized carbons (Fsp3) is 0.286. The summed E-state index contributed by atoms with van der Waals surface area (Å²) in [6.45, 7) is 0. The minimum absolute atomic E-state index is 0.409. The van der Waals surface area contributed by atoms with E-state index >= 15 is 0 Å². The summed E-state index contributed by atoms with van der Waals surface area (Å²) < 4.78 is 37.9. The molecule has 0 amide bonds. The molecule has 1 aromatic carbocycles. The summed E-state index contributed by atoms with van der Waals surface area (Å²) in [5.74, 6) is 0. The highest BCUT2D eigenvalue weighted by Crippen LogP contribution is 2.60. The van der Waals surface area contributed by atoms with Crippen LogP contribution in [0.1, 0.15) is 12.0 Å². The van der Waals surface area contributed by atoms with Crippen molar-refractivity contribution in [3.05, 3.63) is 54.1 Å². The summed E-state index contributed by atoms with van der Waals surface area (Å²) in [5.41, 5.74) is -1.36. The number of halogens is 6. The Morgan fingerprint density at radius 1 is 1.00 bits per heavy atom. The van der Waals surface area contributed by atoms with Gasteiger partial charge in [-0.25, -0.2) is 0 Å². The number of hydrogen-bond donors (Lipinski definition) is 0. The summed E-state index contributed by atoms with van der Waals surface area (Å²) in [6, 6.07) is 8.74. The molecule has 0 saturated carbocycles. The highest BCUT2D eigenvalue weighted by Gasteiger charge is 2.64. The number of hydrogen-bond acceptors (Lipinski definition) is 0. The molecule has 1 aliphatic rings. The van der Waals surface area contributed by atoms with Gasteiger partial charge in [-0.1, -0.05) is 83.4 Å². The molecule has 2 rings (SSSR count). The molecule has 6 heteroatoms. The first-order valence-corrected chi connectivity index (χ1v) is 6.88. The van der Waals surface area contributed by atoms with Crippen molar-refractivity contribution in [2.75, 3.05) is 0 Å². The Kier molecular flexibility index (Phi) is 4.16. The third-order valence-corrected chi connectivity index (χ3v) is 4.32. The van der Waals surface area contributed by atoms with E-state index in [1.165, 1.54) is 6.08 Å². The zero-order valence-corrected chi connectivity index (χ0v) is 12.4. The predicted molar refractivity (Wildman–Crippen MR) is 77.0 cm³/mol. The first kappa shape index (κ1) is 15.7. The number of alkyl halides is 6. The molecule has 0 heterocycles. The first-order chi connectivity index (χ1) is 9.17. The van der Waals surface area contributed by atoms with Gasteiger partial charge in [0.1, 0.15) is 5.41 Å². The van der Waals surface area contributed by atoms with Gasteiger partial charge in [0.05, 0.1) is 0 Å². The van der Waals surface area contributed by atoms with Crippen LogP contribution >= 0.6 is 34.8 Å². The van der Waals surface area contributed by atoms with Gasteiger partial charge in [0.2, 0.25) is 3.79 Å². The molecule has 1 unspecified atom stereocenters. The molecule has 1 atom stereocenters. The molecule has 0 radical (unpaired) electrons. The quantitative estimate of drug-likeness (QED) is 0.554. The van der Waals surface area contributed by atoms with Crippen molar-refractivity contribution in [1.82, 2.24) is 0 Å². The minimum atomic E-state index is -4.66. The molecule has 0 aromatic heterocycles. The van der Waals surface area contributed by atoms with Gasteiger partial charge in [-0.15, -0.1) is 0 Å². The fourth-order valence-electron chi connectivity index (χ4n) is 2.15. The van der Waals surface area contributed by atoms with Crippen LogP contribution in [0.15, 0.2) is 48.6 Å². The Labute approximate surface area is 129 Å². The summed E-state index contributed by atoms with van der Waals surface area (Å²) in [6.07, 6.45) is -1.25. The normalized spacial score (nSPS) is 23.6. The Balaban J connectivity index is 2.46. The second-order valence-electron chi connectivity index (χ2n) is 4.56. The van der Waals surface area contributed by atoms with Gasteiger partial charge in [0.15, 0.2) is 0 Å². The number of allylic oxidation sites excluding steroid dienone is 4. The van der Waals surface area contributed by atoms with Crippen LogP contribution in [-0.2, 0) is 0 Å². The van der Waals surface area contributed by atoms with E-state index in [0.29, 0.717) is 11.1 Å². The Morgan fingerprint density at radius 3 is 2.10 bits per heavy atom. The van der Waals surface area contributed by atoms with Crippen molar-refractivity contribution >= 4 is 40.4 Å². The lowest BCUT2D eigenvalue weighted by molar-refractivity contribution is -0.203. The molecule has 0 bridgehead atoms. The molecule has 1 aliphatic carbocycles. The van der Waals surface area contributed by atoms with Crippen LogP contribution in [0, 0.1) is 5.41 Å². The van der Waals surface area contributed by atoms with Crippen LogP contribution in [-0.4, -0.2) is 9.97 Å². The average Bonchev–Trinajstić information content (AvgIpc) is 2.37. The van der Waals surface area contributed by atoms with Crippen molar-refractivity contribution in [2.45, 2.75) is 16.4 Å². The zero-order chi connectivity index (χ0) is 15.0. The Morgan fingerprint density at radius 2 is 1.60 bits per heavy atom. The van der Waals surface area contributed by atoms with Crippen LogP contribution in [0.4, 0.5) is 13.2 Å². The smallest absolute Gasteiger partial charge is 0.170 e. The van der Waals surface area contributed by atoms with E-state index < -0.39 is 21.8 Å². The van der Waals surface area contributed by atoms with Crippen molar-refractivity contribution in [2.24, 2.45) is 5.41 Å². The van der Waals surface area contributed by atoms with E-state index in [1.807, 2.05) is 0 Å². The van der Waals surface area contributed by atoms with Gasteiger partial charge < -0.3 is 0 Å². The third kappa shape index (κ3) is 2.72. The topological polar surface area (TPSA) is 0 Å². The number of benzene rings is 1. The molecule has 1 aromatic rings. The maximum Gasteiger partial charge on any atom is 0.402 e. The van der Waals surface area contributed by atoms with Gasteiger partial charge in [0.25, 0.3) is 0 Å². The van der Waals surface area contributed by atoms with E-state index in [0.717, 1.165) is 6.08 Å². The summed E-state index contributed by atoms with van der Waals surface area (Å²) >= 11 is 16.9. The van der Waals surface area contributed by atoms with Crippen molar-refractivity contribution in [1.29, 1.82) is 0 Å². The third-order valence-electron chi connectivity index (χ3n) is 3.30. The lowest BCUT2D eigenvalue weighted by Gasteiger charge is -2.40. The molecule has 0 fully saturated rings. The van der Waals surface area contributed by atoms with Crippen LogP contribution in [0.5, 0.6) is 0 Å². The SMILES string of the molecule is FC(F)(F)C1(C(Cl)(Cl)Cl)C=CC=C(c2ccccc2)C1. The molecule has 0 spiro atoms. The molecule has 20 heavy (non-hydrogen) atoms. The van der Waals surface area contributed by atoms with Crippen molar-refractivity contribution in [3.8, 4) is 0 Å². The second-order valence-corrected chi connectivity index (χ2v) is 6.84. The second kappa shape index (κ2) is 5.28. The van der Waals surface area contributed by atoms with Crippen LogP contribution in [0.3, 0.4) is 0 Å². The predicted octanol–water partition coefficient (Wildman–Crippen LogP) is 5.95.